The molecule has 6 rings (SSSR count). The first-order chi connectivity index (χ1) is 16.8. The average molecular weight is 484 g/mol. The molecule has 2 saturated heterocycles. The van der Waals surface area contributed by atoms with E-state index in [1.165, 1.54) is 35.1 Å². The fraction of sp³-hybridized carbons (Fsp3) is 0.630. The van der Waals surface area contributed by atoms with E-state index in [9.17, 15) is 8.78 Å². The van der Waals surface area contributed by atoms with Gasteiger partial charge in [0.15, 0.2) is 0 Å². The van der Waals surface area contributed by atoms with Crippen LogP contribution in [0.5, 0.6) is 0 Å². The van der Waals surface area contributed by atoms with E-state index in [2.05, 4.69) is 44.8 Å². The minimum absolute atomic E-state index is 0.0607. The summed E-state index contributed by atoms with van der Waals surface area (Å²) >= 11 is 0. The normalized spacial score (nSPS) is 27.8. The first kappa shape index (κ1) is 23.1. The molecule has 1 aromatic carbocycles. The van der Waals surface area contributed by atoms with Gasteiger partial charge in [-0.05, 0) is 53.6 Å². The summed E-state index contributed by atoms with van der Waals surface area (Å²) in [4.78, 5) is 2.20. The average Bonchev–Trinajstić information content (AvgIpc) is 3.40. The van der Waals surface area contributed by atoms with Crippen molar-refractivity contribution in [1.82, 2.24) is 25.0 Å². The number of alkyl halides is 2. The Balaban J connectivity index is 1.29. The number of benzene rings is 1. The van der Waals surface area contributed by atoms with Crippen LogP contribution in [0.4, 0.5) is 8.78 Å². The number of piperidine rings is 1. The van der Waals surface area contributed by atoms with Crippen molar-refractivity contribution in [2.45, 2.75) is 63.0 Å². The van der Waals surface area contributed by atoms with Crippen molar-refractivity contribution < 1.29 is 13.5 Å². The highest BCUT2D eigenvalue weighted by atomic mass is 19.3. The first-order valence-corrected chi connectivity index (χ1v) is 12.9. The molecule has 188 valence electrons. The summed E-state index contributed by atoms with van der Waals surface area (Å²) in [7, 11) is 1.98. The van der Waals surface area contributed by atoms with Crippen molar-refractivity contribution in [3.05, 3.63) is 58.8 Å². The third-order valence-corrected chi connectivity index (χ3v) is 8.61. The van der Waals surface area contributed by atoms with E-state index >= 15 is 0 Å². The molecule has 1 N–H and O–H groups in total. The molecular weight excluding hydrogens is 448 g/mol. The number of rotatable bonds is 7. The molecule has 2 atom stereocenters. The van der Waals surface area contributed by atoms with Crippen LogP contribution < -0.4 is 5.32 Å². The maximum atomic E-state index is 14.1. The molecule has 8 heteroatoms. The molecule has 1 unspecified atom stereocenters. The van der Waals surface area contributed by atoms with E-state index in [1.807, 2.05) is 11.6 Å². The van der Waals surface area contributed by atoms with Crippen LogP contribution in [0.3, 0.4) is 0 Å². The number of aromatic nitrogens is 3. The summed E-state index contributed by atoms with van der Waals surface area (Å²) in [5, 5.41) is 12.0. The lowest BCUT2D eigenvalue weighted by atomic mass is 9.74. The molecule has 4 aliphatic rings. The van der Waals surface area contributed by atoms with Crippen LogP contribution in [0, 0.1) is 11.8 Å². The third kappa shape index (κ3) is 4.40. The fourth-order valence-corrected chi connectivity index (χ4v) is 5.93. The minimum atomic E-state index is -2.56. The molecule has 4 heterocycles. The van der Waals surface area contributed by atoms with Gasteiger partial charge in [-0.15, -0.1) is 10.2 Å². The van der Waals surface area contributed by atoms with Crippen LogP contribution in [0.2, 0.25) is 0 Å². The van der Waals surface area contributed by atoms with Gasteiger partial charge in [0.1, 0.15) is 12.2 Å². The van der Waals surface area contributed by atoms with Crippen LogP contribution in [0.1, 0.15) is 61.2 Å². The summed E-state index contributed by atoms with van der Waals surface area (Å²) in [5.41, 5.74) is 5.22. The first-order valence-electron chi connectivity index (χ1n) is 12.9. The molecular formula is C27H35F2N5O. The summed E-state index contributed by atoms with van der Waals surface area (Å²) in [6.45, 7) is 4.59. The van der Waals surface area contributed by atoms with Crippen LogP contribution in [0.15, 0.2) is 36.3 Å². The highest BCUT2D eigenvalue weighted by Crippen LogP contribution is 2.45. The highest BCUT2D eigenvalue weighted by Gasteiger charge is 2.43. The van der Waals surface area contributed by atoms with Gasteiger partial charge < -0.3 is 14.6 Å². The number of aryl methyl sites for hydroxylation is 1. The van der Waals surface area contributed by atoms with E-state index in [-0.39, 0.29) is 17.9 Å². The SMILES string of the molecule is CC1CN(Cc2ccc(C3(Cc4nncn4C)COC3)cc2[C@H]2CC(C3CC3)=CN2)CCC1(F)F. The van der Waals surface area contributed by atoms with Crippen molar-refractivity contribution in [1.29, 1.82) is 0 Å². The Morgan fingerprint density at radius 1 is 1.23 bits per heavy atom. The van der Waals surface area contributed by atoms with Crippen molar-refractivity contribution in [3.63, 3.8) is 0 Å². The van der Waals surface area contributed by atoms with Gasteiger partial charge in [0, 0.05) is 50.9 Å². The van der Waals surface area contributed by atoms with Crippen LogP contribution in [-0.4, -0.2) is 51.9 Å². The van der Waals surface area contributed by atoms with E-state index in [4.69, 9.17) is 4.74 Å². The topological polar surface area (TPSA) is 55.2 Å². The highest BCUT2D eigenvalue weighted by molar-refractivity contribution is 5.42. The maximum absolute atomic E-state index is 14.1. The number of hydrogen-bond donors (Lipinski definition) is 1. The summed E-state index contributed by atoms with van der Waals surface area (Å²) < 4.78 is 35.9. The predicted octanol–water partition coefficient (Wildman–Crippen LogP) is 4.13. The van der Waals surface area contributed by atoms with Gasteiger partial charge in [0.05, 0.1) is 19.3 Å². The molecule has 3 fully saturated rings. The maximum Gasteiger partial charge on any atom is 0.253 e. The van der Waals surface area contributed by atoms with Crippen molar-refractivity contribution in [3.8, 4) is 0 Å². The van der Waals surface area contributed by atoms with Gasteiger partial charge in [-0.2, -0.15) is 0 Å². The Labute approximate surface area is 205 Å². The zero-order valence-electron chi connectivity index (χ0n) is 20.6. The number of nitrogens with one attached hydrogen (secondary N) is 1. The molecule has 0 spiro atoms. The molecule has 0 bridgehead atoms. The number of halogens is 2. The van der Waals surface area contributed by atoms with Gasteiger partial charge in [-0.25, -0.2) is 8.78 Å². The van der Waals surface area contributed by atoms with Gasteiger partial charge >= 0.3 is 0 Å². The minimum Gasteiger partial charge on any atom is -0.384 e. The Morgan fingerprint density at radius 2 is 2.06 bits per heavy atom. The van der Waals surface area contributed by atoms with E-state index < -0.39 is 11.8 Å². The Kier molecular flexibility index (Phi) is 5.72. The van der Waals surface area contributed by atoms with Gasteiger partial charge in [-0.3, -0.25) is 4.90 Å². The molecule has 0 radical (unpaired) electrons. The second kappa shape index (κ2) is 8.66. The number of nitrogens with zero attached hydrogens (tertiary/aromatic N) is 4. The second-order valence-corrected chi connectivity index (χ2v) is 11.3. The summed E-state index contributed by atoms with van der Waals surface area (Å²) in [6, 6.07) is 7.05. The standard InChI is InChI=1S/C27H35F2N5O/c1-18-13-34(8-7-27(18,28)29)14-20-5-6-22(10-23(20)24-9-21(12-30-24)19-3-4-19)26(15-35-16-26)11-25-32-31-17-33(25)2/h5-6,10,12,17-19,24,30H,3-4,7-9,11,13-16H2,1-2H3/t18?,24-/m1/s1. The van der Waals surface area contributed by atoms with Gasteiger partial charge in [0.2, 0.25) is 0 Å². The number of hydrogen-bond acceptors (Lipinski definition) is 5. The monoisotopic (exact) mass is 483 g/mol. The largest absolute Gasteiger partial charge is 0.384 e. The van der Waals surface area contributed by atoms with Crippen molar-refractivity contribution in [2.24, 2.45) is 18.9 Å². The number of ether oxygens (including phenoxy) is 1. The second-order valence-electron chi connectivity index (χ2n) is 11.3. The zero-order valence-corrected chi connectivity index (χ0v) is 20.6. The quantitative estimate of drug-likeness (QED) is 0.642. The van der Waals surface area contributed by atoms with Crippen LogP contribution >= 0.6 is 0 Å². The Hall–Kier alpha value is -2.32. The van der Waals surface area contributed by atoms with Crippen LogP contribution in [0.25, 0.3) is 0 Å². The molecule has 6 nitrogen and oxygen atoms in total. The molecule has 2 aromatic rings. The third-order valence-electron chi connectivity index (χ3n) is 8.61. The lowest BCUT2D eigenvalue weighted by molar-refractivity contribution is -0.100. The molecule has 3 aliphatic heterocycles. The molecule has 1 aliphatic carbocycles. The van der Waals surface area contributed by atoms with E-state index in [0.717, 1.165) is 24.6 Å². The summed E-state index contributed by atoms with van der Waals surface area (Å²) in [5.74, 6) is -1.48. The predicted molar refractivity (Wildman–Crippen MR) is 129 cm³/mol. The molecule has 1 aromatic heterocycles. The smallest absolute Gasteiger partial charge is 0.253 e. The van der Waals surface area contributed by atoms with Crippen molar-refractivity contribution in [2.75, 3.05) is 26.3 Å². The van der Waals surface area contributed by atoms with Crippen molar-refractivity contribution >= 4 is 0 Å². The number of likely N-dealkylation sites (tertiary alicyclic amines) is 1. The lowest BCUT2D eigenvalue weighted by Gasteiger charge is -2.42. The van der Waals surface area contributed by atoms with Crippen LogP contribution in [-0.2, 0) is 30.2 Å². The Bertz CT molecular complexity index is 1120. The lowest BCUT2D eigenvalue weighted by Crippen LogP contribution is -2.49. The molecule has 35 heavy (non-hydrogen) atoms. The van der Waals surface area contributed by atoms with Gasteiger partial charge in [-0.1, -0.05) is 25.1 Å². The van der Waals surface area contributed by atoms with E-state index in [1.54, 1.807) is 13.3 Å². The Morgan fingerprint density at radius 3 is 2.71 bits per heavy atom. The summed E-state index contributed by atoms with van der Waals surface area (Å²) in [6.07, 6.45) is 8.32. The molecule has 1 saturated carbocycles. The zero-order chi connectivity index (χ0) is 24.2. The fourth-order valence-electron chi connectivity index (χ4n) is 5.93. The van der Waals surface area contributed by atoms with E-state index in [0.29, 0.717) is 32.8 Å². The molecule has 0 amide bonds. The van der Waals surface area contributed by atoms with Gasteiger partial charge in [0.25, 0.3) is 5.92 Å².